The van der Waals surface area contributed by atoms with E-state index in [1.807, 2.05) is 13.0 Å². The molecule has 2 saturated carbocycles. The van der Waals surface area contributed by atoms with Gasteiger partial charge >= 0.3 is 0 Å². The molecule has 0 bridgehead atoms. The van der Waals surface area contributed by atoms with Gasteiger partial charge in [0, 0.05) is 22.8 Å². The molecule has 5 nitrogen and oxygen atoms in total. The lowest BCUT2D eigenvalue weighted by Crippen LogP contribution is -2.17. The molecule has 2 heterocycles. The number of hydrogen-bond acceptors (Lipinski definition) is 3. The lowest BCUT2D eigenvalue weighted by molar-refractivity contribution is 0.0997. The first-order valence-corrected chi connectivity index (χ1v) is 9.90. The maximum absolute atomic E-state index is 12.4. The van der Waals surface area contributed by atoms with Crippen LogP contribution in [0, 0.1) is 18.8 Å². The molecule has 5 rings (SSSR count). The fourth-order valence-corrected chi connectivity index (χ4v) is 4.25. The second-order valence-electron chi connectivity index (χ2n) is 7.64. The van der Waals surface area contributed by atoms with Gasteiger partial charge < -0.3 is 10.7 Å². The van der Waals surface area contributed by atoms with Crippen LogP contribution in [0.25, 0.3) is 22.2 Å². The number of nitrogens with one attached hydrogen (secondary N) is 1. The summed E-state index contributed by atoms with van der Waals surface area (Å²) in [6.45, 7) is 1.93. The van der Waals surface area contributed by atoms with Gasteiger partial charge in [0.2, 0.25) is 0 Å². The van der Waals surface area contributed by atoms with E-state index in [2.05, 4.69) is 9.97 Å². The lowest BCUT2D eigenvalue weighted by Gasteiger charge is -2.09. The summed E-state index contributed by atoms with van der Waals surface area (Å²) < 4.78 is 0. The number of aromatic nitrogens is 2. The number of amides is 1. The van der Waals surface area contributed by atoms with Crippen molar-refractivity contribution in [1.82, 2.24) is 9.97 Å². The quantitative estimate of drug-likeness (QED) is 0.671. The van der Waals surface area contributed by atoms with Crippen LogP contribution in [0.15, 0.2) is 41.3 Å². The molecule has 3 aromatic rings. The third-order valence-electron chi connectivity index (χ3n) is 5.68. The summed E-state index contributed by atoms with van der Waals surface area (Å²) in [6.07, 6.45) is 7.68. The first kappa shape index (κ1) is 18.7. The van der Waals surface area contributed by atoms with E-state index in [9.17, 15) is 9.59 Å². The number of carbonyl (C=O) groups excluding carboxylic acids is 1. The second kappa shape index (κ2) is 7.40. The molecule has 6 heteroatoms. The van der Waals surface area contributed by atoms with Gasteiger partial charge in [-0.3, -0.25) is 14.6 Å². The number of aryl methyl sites for hydroxylation is 1. The number of benzene rings is 1. The predicted molar refractivity (Wildman–Crippen MR) is 112 cm³/mol. The summed E-state index contributed by atoms with van der Waals surface area (Å²) in [5.41, 5.74) is 7.85. The molecule has 0 aliphatic heterocycles. The standard InChI is InChI=1S/C16H12ClN3O2.C6H10/c1-8-2-3-9(17)6-10(8)12-7-13(21)14-11(20-12)4-5-19-15(14)16(18)22;1-2-5-4-6(5)3-1/h2-7H,1H3,(H2,18,22)(H,20,21);5-6H,1-4H2. The van der Waals surface area contributed by atoms with Crippen LogP contribution < -0.4 is 11.2 Å². The highest BCUT2D eigenvalue weighted by Crippen LogP contribution is 2.51. The fourth-order valence-electron chi connectivity index (χ4n) is 4.08. The number of carbonyl (C=O) groups is 1. The maximum Gasteiger partial charge on any atom is 0.268 e. The average molecular weight is 396 g/mol. The minimum Gasteiger partial charge on any atom is -0.364 e. The number of fused-ring (bicyclic) bond motifs is 2. The largest absolute Gasteiger partial charge is 0.364 e. The van der Waals surface area contributed by atoms with Gasteiger partial charge in [-0.1, -0.05) is 36.9 Å². The van der Waals surface area contributed by atoms with Gasteiger partial charge in [-0.25, -0.2) is 0 Å². The Kier molecular flexibility index (Phi) is 4.94. The van der Waals surface area contributed by atoms with Crippen LogP contribution in [0.5, 0.6) is 0 Å². The molecule has 1 aromatic carbocycles. The molecule has 2 aliphatic carbocycles. The maximum atomic E-state index is 12.4. The van der Waals surface area contributed by atoms with E-state index in [4.69, 9.17) is 17.3 Å². The molecule has 144 valence electrons. The zero-order chi connectivity index (χ0) is 19.8. The first-order chi connectivity index (χ1) is 13.4. The summed E-state index contributed by atoms with van der Waals surface area (Å²) in [7, 11) is 0. The van der Waals surface area contributed by atoms with Crippen LogP contribution in [0.4, 0.5) is 0 Å². The van der Waals surface area contributed by atoms with Crippen molar-refractivity contribution in [3.63, 3.8) is 0 Å². The van der Waals surface area contributed by atoms with E-state index >= 15 is 0 Å². The highest BCUT2D eigenvalue weighted by atomic mass is 35.5. The third kappa shape index (κ3) is 3.67. The van der Waals surface area contributed by atoms with Crippen molar-refractivity contribution in [3.8, 4) is 11.3 Å². The number of nitrogens with zero attached hydrogens (tertiary/aromatic N) is 1. The lowest BCUT2D eigenvalue weighted by atomic mass is 10.0. The van der Waals surface area contributed by atoms with Crippen molar-refractivity contribution in [1.29, 1.82) is 0 Å². The van der Waals surface area contributed by atoms with Gasteiger partial charge in [-0.15, -0.1) is 0 Å². The molecule has 3 N–H and O–H groups in total. The number of rotatable bonds is 2. The highest BCUT2D eigenvalue weighted by Gasteiger charge is 2.40. The number of primary amides is 1. The van der Waals surface area contributed by atoms with Gasteiger partial charge in [0.15, 0.2) is 5.43 Å². The van der Waals surface area contributed by atoms with Gasteiger partial charge in [0.1, 0.15) is 5.69 Å². The monoisotopic (exact) mass is 395 g/mol. The molecule has 2 atom stereocenters. The molecule has 28 heavy (non-hydrogen) atoms. The Morgan fingerprint density at radius 3 is 2.57 bits per heavy atom. The Hall–Kier alpha value is -2.66. The molecule has 0 radical (unpaired) electrons. The number of halogens is 1. The van der Waals surface area contributed by atoms with Crippen LogP contribution in [0.1, 0.15) is 41.7 Å². The molecule has 1 amide bonds. The SMILES string of the molecule is C1CC2CC2C1.Cc1ccc(Cl)cc1-c1cc(=O)c2c(C(N)=O)nccc2[nH]1. The molecule has 0 spiro atoms. The average Bonchev–Trinajstić information content (AvgIpc) is 3.28. The van der Waals surface area contributed by atoms with Crippen molar-refractivity contribution < 1.29 is 4.79 Å². The predicted octanol–water partition coefficient (Wildman–Crippen LogP) is 4.46. The summed E-state index contributed by atoms with van der Waals surface area (Å²) in [5.74, 6) is 1.69. The summed E-state index contributed by atoms with van der Waals surface area (Å²) in [4.78, 5) is 30.8. The molecule has 0 saturated heterocycles. The topological polar surface area (TPSA) is 88.8 Å². The van der Waals surface area contributed by atoms with Crippen molar-refractivity contribution >= 4 is 28.4 Å². The summed E-state index contributed by atoms with van der Waals surface area (Å²) in [5, 5.41) is 0.771. The van der Waals surface area contributed by atoms with Crippen LogP contribution in [0.2, 0.25) is 5.02 Å². The first-order valence-electron chi connectivity index (χ1n) is 9.52. The van der Waals surface area contributed by atoms with E-state index in [0.717, 1.165) is 11.1 Å². The van der Waals surface area contributed by atoms with Gasteiger partial charge in [0.25, 0.3) is 5.91 Å². The van der Waals surface area contributed by atoms with Crippen LogP contribution >= 0.6 is 11.6 Å². The summed E-state index contributed by atoms with van der Waals surface area (Å²) in [6, 6.07) is 8.50. The zero-order valence-corrected chi connectivity index (χ0v) is 16.4. The van der Waals surface area contributed by atoms with Crippen LogP contribution in [0.3, 0.4) is 0 Å². The summed E-state index contributed by atoms with van der Waals surface area (Å²) >= 11 is 6.03. The van der Waals surface area contributed by atoms with Gasteiger partial charge in [-0.2, -0.15) is 0 Å². The molecule has 2 fully saturated rings. The number of hydrogen-bond donors (Lipinski definition) is 2. The smallest absolute Gasteiger partial charge is 0.268 e. The second-order valence-corrected chi connectivity index (χ2v) is 8.08. The van der Waals surface area contributed by atoms with Crippen LogP contribution in [-0.4, -0.2) is 15.9 Å². The molecular weight excluding hydrogens is 374 g/mol. The van der Waals surface area contributed by atoms with E-state index in [1.165, 1.54) is 30.5 Å². The molecule has 2 aliphatic rings. The van der Waals surface area contributed by atoms with Crippen LogP contribution in [-0.2, 0) is 0 Å². The number of H-pyrrole nitrogens is 1. The number of aromatic amines is 1. The van der Waals surface area contributed by atoms with Crippen molar-refractivity contribution in [3.05, 3.63) is 63.0 Å². The molecule has 2 aromatic heterocycles. The van der Waals surface area contributed by atoms with Crippen molar-refractivity contribution in [2.24, 2.45) is 17.6 Å². The van der Waals surface area contributed by atoms with E-state index in [1.54, 1.807) is 37.5 Å². The Morgan fingerprint density at radius 1 is 1.21 bits per heavy atom. The van der Waals surface area contributed by atoms with Gasteiger partial charge in [-0.05, 0) is 48.9 Å². The number of pyridine rings is 2. The molecule has 2 unspecified atom stereocenters. The minimum absolute atomic E-state index is 0.0342. The minimum atomic E-state index is -0.734. The van der Waals surface area contributed by atoms with Crippen molar-refractivity contribution in [2.45, 2.75) is 32.6 Å². The normalized spacial score (nSPS) is 19.6. The number of nitrogens with two attached hydrogens (primary N) is 1. The third-order valence-corrected chi connectivity index (χ3v) is 5.92. The Labute approximate surface area is 167 Å². The van der Waals surface area contributed by atoms with Crippen molar-refractivity contribution in [2.75, 3.05) is 0 Å². The van der Waals surface area contributed by atoms with E-state index < -0.39 is 5.91 Å². The Morgan fingerprint density at radius 2 is 1.96 bits per heavy atom. The van der Waals surface area contributed by atoms with E-state index in [-0.39, 0.29) is 16.5 Å². The fraction of sp³-hybridized carbons (Fsp3) is 0.318. The van der Waals surface area contributed by atoms with E-state index in [0.29, 0.717) is 16.2 Å². The zero-order valence-electron chi connectivity index (χ0n) is 15.7. The van der Waals surface area contributed by atoms with Gasteiger partial charge in [0.05, 0.1) is 16.6 Å². The highest BCUT2D eigenvalue weighted by molar-refractivity contribution is 6.30. The Bertz CT molecular complexity index is 1110. The molecular formula is C22H22ClN3O2. The Balaban J connectivity index is 0.000000268.